The summed E-state index contributed by atoms with van der Waals surface area (Å²) in [7, 11) is 4.85. The largest absolute Gasteiger partial charge is 0.511 e. The van der Waals surface area contributed by atoms with Crippen molar-refractivity contribution < 1.29 is 19.0 Å². The molecule has 40 heavy (non-hydrogen) atoms. The second kappa shape index (κ2) is 31.1. The first-order chi connectivity index (χ1) is 19.2. The molecule has 0 aliphatic carbocycles. The number of aliphatic hydroxyl groups excluding tert-OH is 1. The van der Waals surface area contributed by atoms with Crippen LogP contribution < -0.4 is 10.1 Å². The summed E-state index contributed by atoms with van der Waals surface area (Å²) < 4.78 is 14.2. The summed E-state index contributed by atoms with van der Waals surface area (Å²) in [4.78, 5) is 6.35. The van der Waals surface area contributed by atoms with Crippen LogP contribution in [0.5, 0.6) is 5.88 Å². The third-order valence-corrected chi connectivity index (χ3v) is 4.24. The van der Waals surface area contributed by atoms with E-state index in [1.165, 1.54) is 0 Å². The van der Waals surface area contributed by atoms with Gasteiger partial charge in [0.1, 0.15) is 5.76 Å². The molecule has 1 fully saturated rings. The summed E-state index contributed by atoms with van der Waals surface area (Å²) in [5.74, 6) is 1.68. The normalized spacial score (nSPS) is 12.0. The Morgan fingerprint density at radius 1 is 1.15 bits per heavy atom. The van der Waals surface area contributed by atoms with Crippen LogP contribution in [0.15, 0.2) is 78.6 Å². The van der Waals surface area contributed by atoms with Gasteiger partial charge in [-0.05, 0) is 37.1 Å². The van der Waals surface area contributed by atoms with Gasteiger partial charge in [-0.2, -0.15) is 0 Å². The van der Waals surface area contributed by atoms with Gasteiger partial charge in [-0.1, -0.05) is 60.4 Å². The lowest BCUT2D eigenvalue weighted by Gasteiger charge is -2.27. The molecule has 0 saturated carbocycles. The van der Waals surface area contributed by atoms with E-state index >= 15 is 0 Å². The predicted molar refractivity (Wildman–Crippen MR) is 172 cm³/mol. The number of nitrogens with one attached hydrogen (secondary N) is 1. The molecule has 7 nitrogen and oxygen atoms in total. The Morgan fingerprint density at radius 3 is 2.12 bits per heavy atom. The van der Waals surface area contributed by atoms with E-state index < -0.39 is 0 Å². The van der Waals surface area contributed by atoms with Crippen LogP contribution in [0.4, 0.5) is 0 Å². The van der Waals surface area contributed by atoms with Gasteiger partial charge in [0.05, 0.1) is 37.9 Å². The first kappa shape index (κ1) is 43.0. The zero-order chi connectivity index (χ0) is 31.9. The highest BCUT2D eigenvalue weighted by Crippen LogP contribution is 2.24. The van der Waals surface area contributed by atoms with Gasteiger partial charge in [0, 0.05) is 38.1 Å². The van der Waals surface area contributed by atoms with Gasteiger partial charge in [-0.3, -0.25) is 0 Å². The van der Waals surface area contributed by atoms with Crippen LogP contribution in [-0.4, -0.2) is 55.5 Å². The number of methoxy groups -OCH3 is 2. The highest BCUT2D eigenvalue weighted by Gasteiger charge is 2.27. The van der Waals surface area contributed by atoms with Crippen molar-refractivity contribution in [2.75, 3.05) is 34.4 Å². The Bertz CT molecular complexity index is 894. The maximum absolute atomic E-state index is 9.38. The molecule has 0 radical (unpaired) electrons. The van der Waals surface area contributed by atoms with Crippen LogP contribution >= 0.6 is 0 Å². The summed E-state index contributed by atoms with van der Waals surface area (Å²) in [6.45, 7) is 23.2. The third kappa shape index (κ3) is 22.0. The standard InChI is InChI=1S/C11H18N2O.C10H9NO2.C4H10.C2H6O.C2H6.2C2H2/c1-4-12-8-9(2)13-7-5-6-11(13)10(3)14;1-12-10-4-2-3-9(11-10)8-5-6-13-7-8;1-4(2)3;1-3-2;3*1-2/h4,11-12,14H,1-3,5-8H2;2-7H,1H3;4H,1-3H3;1-2H3;1-2H3;2*1-2H/t11-;;;;;;/m0....../s1. The van der Waals surface area contributed by atoms with Gasteiger partial charge in [0.15, 0.2) is 0 Å². The second-order valence-electron chi connectivity index (χ2n) is 8.21. The van der Waals surface area contributed by atoms with Gasteiger partial charge in [-0.25, -0.2) is 4.98 Å². The van der Waals surface area contributed by atoms with Crippen molar-refractivity contribution in [1.29, 1.82) is 0 Å². The number of hydrogen-bond acceptors (Lipinski definition) is 7. The maximum Gasteiger partial charge on any atom is 0.213 e. The average molecular weight is 556 g/mol. The minimum atomic E-state index is 0.0501. The monoisotopic (exact) mass is 555 g/mol. The molecule has 0 spiro atoms. The van der Waals surface area contributed by atoms with E-state index in [9.17, 15) is 5.11 Å². The summed E-state index contributed by atoms with van der Waals surface area (Å²) in [5.41, 5.74) is 2.79. The van der Waals surface area contributed by atoms with Crippen LogP contribution in [-0.2, 0) is 4.74 Å². The van der Waals surface area contributed by atoms with E-state index in [1.54, 1.807) is 40.1 Å². The van der Waals surface area contributed by atoms with Gasteiger partial charge < -0.3 is 29.2 Å². The Hall–Kier alpha value is -4.07. The molecule has 3 rings (SSSR count). The number of likely N-dealkylation sites (tertiary alicyclic amines) is 1. The molecule has 7 heteroatoms. The molecule has 224 valence electrons. The third-order valence-electron chi connectivity index (χ3n) is 4.24. The molecule has 1 atom stereocenters. The molecule has 3 heterocycles. The number of rotatable bonds is 7. The quantitative estimate of drug-likeness (QED) is 0.269. The van der Waals surface area contributed by atoms with Crippen LogP contribution in [0.3, 0.4) is 0 Å². The number of nitrogens with zero attached hydrogens (tertiary/aromatic N) is 2. The lowest BCUT2D eigenvalue weighted by Crippen LogP contribution is -2.33. The summed E-state index contributed by atoms with van der Waals surface area (Å²) in [6, 6.07) is 7.53. The van der Waals surface area contributed by atoms with Crippen molar-refractivity contribution in [3.63, 3.8) is 0 Å². The van der Waals surface area contributed by atoms with Crippen molar-refractivity contribution in [1.82, 2.24) is 15.2 Å². The zero-order valence-corrected chi connectivity index (χ0v) is 26.0. The van der Waals surface area contributed by atoms with Gasteiger partial charge in [0.2, 0.25) is 5.88 Å². The fraction of sp³-hybridized carbons (Fsp3) is 0.424. The lowest BCUT2D eigenvalue weighted by atomic mass is 10.2. The Kier molecular flexibility index (Phi) is 33.5. The van der Waals surface area contributed by atoms with Crippen LogP contribution in [0.2, 0.25) is 0 Å². The topological polar surface area (TPSA) is 80.0 Å². The van der Waals surface area contributed by atoms with Crippen molar-refractivity contribution in [3.05, 3.63) is 74.2 Å². The molecule has 0 bridgehead atoms. The average Bonchev–Trinajstić information content (AvgIpc) is 3.69. The first-order valence-corrected chi connectivity index (χ1v) is 13.0. The number of terminal acetylenes is 2. The van der Waals surface area contributed by atoms with E-state index in [0.717, 1.165) is 42.3 Å². The SMILES string of the molecule is C#C.C#C.C=CNCC(=C)N1CCC[C@H]1C(=C)O.CC.CC(C)C.COC.COc1cccc(-c2ccoc2)n1. The van der Waals surface area contributed by atoms with Crippen LogP contribution in [0.1, 0.15) is 47.5 Å². The molecular weight excluding hydrogens is 502 g/mol. The van der Waals surface area contributed by atoms with Gasteiger partial charge in [0.25, 0.3) is 0 Å². The molecule has 1 aliphatic heterocycles. The lowest BCUT2D eigenvalue weighted by molar-refractivity contribution is 0.261. The molecule has 2 aromatic heterocycles. The number of aliphatic hydroxyl groups is 1. The van der Waals surface area contributed by atoms with Crippen LogP contribution in [0.25, 0.3) is 11.3 Å². The van der Waals surface area contributed by atoms with E-state index in [1.807, 2.05) is 38.1 Å². The van der Waals surface area contributed by atoms with E-state index in [0.29, 0.717) is 12.4 Å². The molecule has 0 aromatic carbocycles. The number of furan rings is 1. The molecule has 0 unspecified atom stereocenters. The molecular formula is C33H53N3O4. The minimum Gasteiger partial charge on any atom is -0.511 e. The molecule has 1 saturated heterocycles. The highest BCUT2D eigenvalue weighted by molar-refractivity contribution is 5.57. The summed E-state index contributed by atoms with van der Waals surface area (Å²) in [6.07, 6.45) is 23.0. The predicted octanol–water partition coefficient (Wildman–Crippen LogP) is 7.57. The van der Waals surface area contributed by atoms with Crippen molar-refractivity contribution in [3.8, 4) is 42.8 Å². The highest BCUT2D eigenvalue weighted by atomic mass is 16.5. The Balaban J connectivity index is -0.000000229. The number of aromatic nitrogens is 1. The van der Waals surface area contributed by atoms with Crippen molar-refractivity contribution in [2.24, 2.45) is 5.92 Å². The molecule has 2 aromatic rings. The number of pyridine rings is 1. The van der Waals surface area contributed by atoms with E-state index in [2.05, 4.69) is 86.1 Å². The Morgan fingerprint density at radius 2 is 1.70 bits per heavy atom. The Labute approximate surface area is 245 Å². The first-order valence-electron chi connectivity index (χ1n) is 13.0. The minimum absolute atomic E-state index is 0.0501. The molecule has 0 amide bonds. The second-order valence-corrected chi connectivity index (χ2v) is 8.21. The fourth-order valence-electron chi connectivity index (χ4n) is 2.88. The number of ether oxygens (including phenoxy) is 2. The van der Waals surface area contributed by atoms with Crippen LogP contribution in [0, 0.1) is 31.6 Å². The molecule has 2 N–H and O–H groups in total. The van der Waals surface area contributed by atoms with Gasteiger partial charge in [-0.15, -0.1) is 25.7 Å². The smallest absolute Gasteiger partial charge is 0.213 e. The maximum atomic E-state index is 9.38. The zero-order valence-electron chi connectivity index (χ0n) is 26.0. The summed E-state index contributed by atoms with van der Waals surface area (Å²) >= 11 is 0. The van der Waals surface area contributed by atoms with E-state index in [4.69, 9.17) is 9.15 Å². The number of hydrogen-bond donors (Lipinski definition) is 2. The van der Waals surface area contributed by atoms with E-state index in [-0.39, 0.29) is 11.8 Å². The van der Waals surface area contributed by atoms with Crippen molar-refractivity contribution >= 4 is 0 Å². The molecule has 1 aliphatic rings. The summed E-state index contributed by atoms with van der Waals surface area (Å²) in [5, 5.41) is 12.4. The van der Waals surface area contributed by atoms with Gasteiger partial charge >= 0.3 is 0 Å². The fourth-order valence-corrected chi connectivity index (χ4v) is 2.88. The van der Waals surface area contributed by atoms with Crippen molar-refractivity contribution in [2.45, 2.75) is 53.5 Å².